The van der Waals surface area contributed by atoms with Gasteiger partial charge in [-0.3, -0.25) is 9.59 Å². The van der Waals surface area contributed by atoms with Gasteiger partial charge in [0.1, 0.15) is 0 Å². The van der Waals surface area contributed by atoms with Crippen molar-refractivity contribution in [1.29, 1.82) is 0 Å². The molecule has 7 heteroatoms. The number of thioether (sulfide) groups is 1. The van der Waals surface area contributed by atoms with Gasteiger partial charge < -0.3 is 9.88 Å². The molecule has 1 unspecified atom stereocenters. The molecule has 33 heavy (non-hydrogen) atoms. The number of nitrogens with zero attached hydrogens (tertiary/aromatic N) is 2. The van der Waals surface area contributed by atoms with Crippen molar-refractivity contribution in [3.8, 4) is 0 Å². The lowest BCUT2D eigenvalue weighted by Crippen LogP contribution is -2.42. The molecule has 1 N–H and O–H groups in total. The van der Waals surface area contributed by atoms with Gasteiger partial charge in [-0.1, -0.05) is 84.0 Å². The Balaban J connectivity index is 1.49. The Bertz CT molecular complexity index is 1260. The first kappa shape index (κ1) is 23.1. The predicted octanol–water partition coefficient (Wildman–Crippen LogP) is 5.15. The van der Waals surface area contributed by atoms with Crippen LogP contribution in [0.15, 0.2) is 84.0 Å². The normalized spacial score (nSPS) is 11.9. The number of amides is 1. The predicted molar refractivity (Wildman–Crippen MR) is 134 cm³/mol. The number of hydrogen-bond acceptors (Lipinski definition) is 4. The van der Waals surface area contributed by atoms with Gasteiger partial charge in [0.2, 0.25) is 5.91 Å². The van der Waals surface area contributed by atoms with Crippen LogP contribution in [-0.4, -0.2) is 33.0 Å². The summed E-state index contributed by atoms with van der Waals surface area (Å²) in [4.78, 5) is 29.6. The van der Waals surface area contributed by atoms with Gasteiger partial charge in [0.15, 0.2) is 10.9 Å². The van der Waals surface area contributed by atoms with Crippen molar-refractivity contribution in [2.75, 3.05) is 5.75 Å². The minimum Gasteiger partial charge on any atom is -0.345 e. The summed E-state index contributed by atoms with van der Waals surface area (Å²) in [6.07, 6.45) is 0.470. The van der Waals surface area contributed by atoms with E-state index in [4.69, 9.17) is 16.6 Å². The highest BCUT2D eigenvalue weighted by atomic mass is 35.5. The standard InChI is InChI=1S/C26H24ClN3O2S/c1-18(31)22(14-19-8-4-2-5-9-19)28-25(32)17-33-26-29-23-15-21(27)12-13-24(23)30(26)16-20-10-6-3-7-11-20/h2-13,15,22H,14,16-17H2,1H3,(H,28,32). The Hall–Kier alpha value is -3.09. The van der Waals surface area contributed by atoms with Crippen molar-refractivity contribution in [1.82, 2.24) is 14.9 Å². The van der Waals surface area contributed by atoms with E-state index in [-0.39, 0.29) is 17.4 Å². The number of rotatable bonds is 9. The number of halogens is 1. The molecule has 1 amide bonds. The quantitative estimate of drug-likeness (QED) is 0.339. The first-order chi connectivity index (χ1) is 16.0. The fourth-order valence-electron chi connectivity index (χ4n) is 3.62. The van der Waals surface area contributed by atoms with E-state index in [1.165, 1.54) is 18.7 Å². The van der Waals surface area contributed by atoms with E-state index in [1.807, 2.05) is 66.7 Å². The van der Waals surface area contributed by atoms with E-state index in [0.717, 1.165) is 27.3 Å². The fourth-order valence-corrected chi connectivity index (χ4v) is 4.61. The lowest BCUT2D eigenvalue weighted by Gasteiger charge is -2.16. The van der Waals surface area contributed by atoms with E-state index < -0.39 is 6.04 Å². The maximum Gasteiger partial charge on any atom is 0.231 e. The van der Waals surface area contributed by atoms with E-state index in [2.05, 4.69) is 22.0 Å². The summed E-state index contributed by atoms with van der Waals surface area (Å²) in [6.45, 7) is 2.14. The van der Waals surface area contributed by atoms with Gasteiger partial charge in [-0.25, -0.2) is 4.98 Å². The highest BCUT2D eigenvalue weighted by Gasteiger charge is 2.19. The zero-order chi connectivity index (χ0) is 23.2. The van der Waals surface area contributed by atoms with Crippen molar-refractivity contribution >= 4 is 46.1 Å². The number of carbonyl (C=O) groups is 2. The third-order valence-electron chi connectivity index (χ3n) is 5.30. The number of nitrogens with one attached hydrogen (secondary N) is 1. The number of imidazole rings is 1. The second-order valence-electron chi connectivity index (χ2n) is 7.81. The van der Waals surface area contributed by atoms with Crippen molar-refractivity contribution < 1.29 is 9.59 Å². The van der Waals surface area contributed by atoms with Crippen molar-refractivity contribution in [3.63, 3.8) is 0 Å². The van der Waals surface area contributed by atoms with Crippen LogP contribution in [0.25, 0.3) is 11.0 Å². The molecule has 0 aliphatic carbocycles. The molecule has 1 atom stereocenters. The summed E-state index contributed by atoms with van der Waals surface area (Å²) in [6, 6.07) is 24.8. The van der Waals surface area contributed by atoms with E-state index in [0.29, 0.717) is 18.0 Å². The van der Waals surface area contributed by atoms with Gasteiger partial charge in [0, 0.05) is 5.02 Å². The highest BCUT2D eigenvalue weighted by molar-refractivity contribution is 7.99. The Morgan fingerprint density at radius 1 is 1.00 bits per heavy atom. The van der Waals surface area contributed by atoms with Crippen molar-refractivity contribution in [2.45, 2.75) is 31.1 Å². The van der Waals surface area contributed by atoms with Crippen LogP contribution in [0.2, 0.25) is 5.02 Å². The smallest absolute Gasteiger partial charge is 0.231 e. The largest absolute Gasteiger partial charge is 0.345 e. The first-order valence-electron chi connectivity index (χ1n) is 10.7. The number of ketones is 1. The van der Waals surface area contributed by atoms with Crippen molar-refractivity contribution in [3.05, 3.63) is 95.0 Å². The average Bonchev–Trinajstić information content (AvgIpc) is 3.14. The molecular weight excluding hydrogens is 454 g/mol. The van der Waals surface area contributed by atoms with Gasteiger partial charge in [0.05, 0.1) is 29.4 Å². The molecule has 5 nitrogen and oxygen atoms in total. The molecule has 0 fully saturated rings. The molecule has 0 radical (unpaired) electrons. The van der Waals surface area contributed by atoms with Crippen LogP contribution in [0.1, 0.15) is 18.1 Å². The maximum absolute atomic E-state index is 12.7. The van der Waals surface area contributed by atoms with Crippen LogP contribution in [0.4, 0.5) is 0 Å². The highest BCUT2D eigenvalue weighted by Crippen LogP contribution is 2.27. The third kappa shape index (κ3) is 6.03. The molecule has 1 aromatic heterocycles. The summed E-state index contributed by atoms with van der Waals surface area (Å²) in [7, 11) is 0. The van der Waals surface area contributed by atoms with Crippen LogP contribution in [0.5, 0.6) is 0 Å². The summed E-state index contributed by atoms with van der Waals surface area (Å²) >= 11 is 7.52. The number of fused-ring (bicyclic) bond motifs is 1. The Morgan fingerprint density at radius 2 is 1.67 bits per heavy atom. The molecule has 1 heterocycles. The zero-order valence-corrected chi connectivity index (χ0v) is 19.8. The topological polar surface area (TPSA) is 64.0 Å². The molecule has 0 bridgehead atoms. The molecule has 0 saturated heterocycles. The van der Waals surface area contributed by atoms with Crippen LogP contribution in [0, 0.1) is 0 Å². The minimum absolute atomic E-state index is 0.0665. The third-order valence-corrected chi connectivity index (χ3v) is 6.51. The minimum atomic E-state index is -0.553. The molecule has 0 spiro atoms. The Kier molecular flexibility index (Phi) is 7.47. The van der Waals surface area contributed by atoms with Crippen LogP contribution >= 0.6 is 23.4 Å². The number of Topliss-reactive ketones (excluding diaryl/α,β-unsaturated/α-hetero) is 1. The molecular formula is C26H24ClN3O2S. The Morgan fingerprint density at radius 3 is 2.33 bits per heavy atom. The second-order valence-corrected chi connectivity index (χ2v) is 9.19. The van der Waals surface area contributed by atoms with Gasteiger partial charge in [-0.05, 0) is 42.7 Å². The number of hydrogen-bond donors (Lipinski definition) is 1. The number of carbonyl (C=O) groups excluding carboxylic acids is 2. The van der Waals surface area contributed by atoms with E-state index in [9.17, 15) is 9.59 Å². The number of benzene rings is 3. The average molecular weight is 478 g/mol. The van der Waals surface area contributed by atoms with Gasteiger partial charge in [0.25, 0.3) is 0 Å². The lowest BCUT2D eigenvalue weighted by atomic mass is 10.0. The summed E-state index contributed by atoms with van der Waals surface area (Å²) in [5.74, 6) is -0.111. The van der Waals surface area contributed by atoms with Gasteiger partial charge in [-0.2, -0.15) is 0 Å². The summed E-state index contributed by atoms with van der Waals surface area (Å²) in [5, 5.41) is 4.23. The molecule has 0 aliphatic heterocycles. The molecule has 4 rings (SSSR count). The zero-order valence-electron chi connectivity index (χ0n) is 18.2. The fraction of sp³-hybridized carbons (Fsp3) is 0.192. The summed E-state index contributed by atoms with van der Waals surface area (Å²) < 4.78 is 2.09. The molecule has 3 aromatic carbocycles. The van der Waals surface area contributed by atoms with Gasteiger partial charge in [-0.15, -0.1) is 0 Å². The molecule has 0 saturated carbocycles. The van der Waals surface area contributed by atoms with Gasteiger partial charge >= 0.3 is 0 Å². The molecule has 168 valence electrons. The van der Waals surface area contributed by atoms with E-state index >= 15 is 0 Å². The maximum atomic E-state index is 12.7. The Labute approximate surface area is 202 Å². The molecule has 4 aromatic rings. The van der Waals surface area contributed by atoms with Crippen LogP contribution < -0.4 is 5.32 Å². The van der Waals surface area contributed by atoms with Crippen molar-refractivity contribution in [2.24, 2.45) is 0 Å². The molecule has 0 aliphatic rings. The first-order valence-corrected chi connectivity index (χ1v) is 12.0. The monoisotopic (exact) mass is 477 g/mol. The lowest BCUT2D eigenvalue weighted by molar-refractivity contribution is -0.125. The second kappa shape index (κ2) is 10.7. The number of aromatic nitrogens is 2. The summed E-state index contributed by atoms with van der Waals surface area (Å²) in [5.41, 5.74) is 3.88. The van der Waals surface area contributed by atoms with E-state index in [1.54, 1.807) is 0 Å². The van der Waals surface area contributed by atoms with Crippen LogP contribution in [0.3, 0.4) is 0 Å². The SMILES string of the molecule is CC(=O)C(Cc1ccccc1)NC(=O)CSc1nc2cc(Cl)ccc2n1Cc1ccccc1. The van der Waals surface area contributed by atoms with Crippen LogP contribution in [-0.2, 0) is 22.6 Å².